The summed E-state index contributed by atoms with van der Waals surface area (Å²) in [5.74, 6) is 0. The SMILES string of the molecule is OCCCCCCCCCCCCCCCCCCCCCCCCCCCCCCCCCCBr. The number of aliphatic hydroxyl groups excluding tert-OH is 1. The molecular weight excluding hydrogens is 504 g/mol. The minimum Gasteiger partial charge on any atom is -0.396 e. The average Bonchev–Trinajstić information content (AvgIpc) is 2.89. The predicted molar refractivity (Wildman–Crippen MR) is 169 cm³/mol. The highest BCUT2D eigenvalue weighted by atomic mass is 79.9. The molecule has 2 heteroatoms. The van der Waals surface area contributed by atoms with Crippen LogP contribution >= 0.6 is 15.9 Å². The minimum atomic E-state index is 0.374. The third-order valence-corrected chi connectivity index (χ3v) is 8.60. The van der Waals surface area contributed by atoms with Gasteiger partial charge in [-0.2, -0.15) is 0 Å². The number of alkyl halides is 1. The number of unbranched alkanes of at least 4 members (excludes halogenated alkanes) is 31. The molecule has 0 radical (unpaired) electrons. The number of halogens is 1. The van der Waals surface area contributed by atoms with Crippen molar-refractivity contribution in [2.75, 3.05) is 11.9 Å². The summed E-state index contributed by atoms with van der Waals surface area (Å²) in [5, 5.41) is 9.96. The summed E-state index contributed by atoms with van der Waals surface area (Å²) in [6.45, 7) is 0.374. The first-order valence-electron chi connectivity index (χ1n) is 17.1. The van der Waals surface area contributed by atoms with Crippen LogP contribution in [0.1, 0.15) is 205 Å². The molecule has 36 heavy (non-hydrogen) atoms. The molecule has 1 N–H and O–H groups in total. The summed E-state index contributed by atoms with van der Waals surface area (Å²) >= 11 is 3.52. The Hall–Kier alpha value is 0.440. The lowest BCUT2D eigenvalue weighted by Gasteiger charge is -2.04. The fourth-order valence-corrected chi connectivity index (χ4v) is 5.91. The van der Waals surface area contributed by atoms with E-state index in [0.717, 1.165) is 6.42 Å². The second-order valence-electron chi connectivity index (χ2n) is 11.7. The van der Waals surface area contributed by atoms with Crippen molar-refractivity contribution in [3.63, 3.8) is 0 Å². The van der Waals surface area contributed by atoms with Crippen molar-refractivity contribution in [1.82, 2.24) is 0 Å². The molecule has 0 saturated heterocycles. The molecule has 0 saturated carbocycles. The third-order valence-electron chi connectivity index (χ3n) is 8.04. The molecule has 0 aliphatic carbocycles. The van der Waals surface area contributed by atoms with Gasteiger partial charge in [-0.1, -0.05) is 209 Å². The van der Waals surface area contributed by atoms with Gasteiger partial charge in [-0.3, -0.25) is 0 Å². The third kappa shape index (κ3) is 34.4. The average molecular weight is 574 g/mol. The van der Waals surface area contributed by atoms with E-state index in [1.54, 1.807) is 0 Å². The van der Waals surface area contributed by atoms with Crippen molar-refractivity contribution < 1.29 is 5.11 Å². The molecule has 0 rings (SSSR count). The molecule has 0 spiro atoms. The summed E-state index contributed by atoms with van der Waals surface area (Å²) < 4.78 is 0. The van der Waals surface area contributed by atoms with Gasteiger partial charge in [0.1, 0.15) is 0 Å². The highest BCUT2D eigenvalue weighted by molar-refractivity contribution is 9.09. The highest BCUT2D eigenvalue weighted by Crippen LogP contribution is 2.16. The van der Waals surface area contributed by atoms with E-state index in [0.29, 0.717) is 6.61 Å². The van der Waals surface area contributed by atoms with Crippen LogP contribution in [0.5, 0.6) is 0 Å². The van der Waals surface area contributed by atoms with Crippen LogP contribution in [0.15, 0.2) is 0 Å². The van der Waals surface area contributed by atoms with E-state index in [-0.39, 0.29) is 0 Å². The number of aliphatic hydroxyl groups is 1. The lowest BCUT2D eigenvalue weighted by Crippen LogP contribution is -1.85. The van der Waals surface area contributed by atoms with Crippen LogP contribution in [0.25, 0.3) is 0 Å². The van der Waals surface area contributed by atoms with Gasteiger partial charge in [0.05, 0.1) is 0 Å². The quantitative estimate of drug-likeness (QED) is 0.0611. The van der Waals surface area contributed by atoms with E-state index in [4.69, 9.17) is 5.11 Å². The van der Waals surface area contributed by atoms with E-state index in [2.05, 4.69) is 15.9 Å². The van der Waals surface area contributed by atoms with Gasteiger partial charge in [0.2, 0.25) is 0 Å². The number of hydrogen-bond acceptors (Lipinski definition) is 1. The van der Waals surface area contributed by atoms with Crippen LogP contribution < -0.4 is 0 Å². The van der Waals surface area contributed by atoms with Crippen molar-refractivity contribution in [2.24, 2.45) is 0 Å². The molecule has 0 unspecified atom stereocenters. The summed E-state index contributed by atoms with van der Waals surface area (Å²) in [6, 6.07) is 0. The molecule has 0 atom stereocenters. The van der Waals surface area contributed by atoms with E-state index < -0.39 is 0 Å². The summed E-state index contributed by atoms with van der Waals surface area (Å²) in [7, 11) is 0. The van der Waals surface area contributed by atoms with E-state index >= 15 is 0 Å². The van der Waals surface area contributed by atoms with Crippen molar-refractivity contribution >= 4 is 15.9 Å². The lowest BCUT2D eigenvalue weighted by molar-refractivity contribution is 0.282. The molecular formula is C34H69BrO. The second-order valence-corrected chi connectivity index (χ2v) is 12.5. The molecule has 0 aromatic heterocycles. The maximum Gasteiger partial charge on any atom is 0.0431 e. The van der Waals surface area contributed by atoms with Crippen LogP contribution in [-0.4, -0.2) is 17.0 Å². The largest absolute Gasteiger partial charge is 0.396 e. The maximum atomic E-state index is 8.78. The Balaban J connectivity index is 3.00. The van der Waals surface area contributed by atoms with Crippen molar-refractivity contribution in [2.45, 2.75) is 205 Å². The van der Waals surface area contributed by atoms with Crippen molar-refractivity contribution in [3.05, 3.63) is 0 Å². The first kappa shape index (κ1) is 36.4. The first-order chi connectivity index (χ1) is 17.9. The Morgan fingerprint density at radius 3 is 0.500 bits per heavy atom. The van der Waals surface area contributed by atoms with Gasteiger partial charge in [0.15, 0.2) is 0 Å². The molecule has 0 aromatic rings. The van der Waals surface area contributed by atoms with Gasteiger partial charge in [-0.25, -0.2) is 0 Å². The minimum absolute atomic E-state index is 0.374. The van der Waals surface area contributed by atoms with Crippen LogP contribution in [0.3, 0.4) is 0 Å². The van der Waals surface area contributed by atoms with E-state index in [1.165, 1.54) is 204 Å². The molecule has 0 amide bonds. The Labute approximate surface area is 237 Å². The van der Waals surface area contributed by atoms with Gasteiger partial charge >= 0.3 is 0 Å². The lowest BCUT2D eigenvalue weighted by atomic mass is 10.0. The summed E-state index contributed by atoms with van der Waals surface area (Å²) in [4.78, 5) is 0. The van der Waals surface area contributed by atoms with E-state index in [9.17, 15) is 0 Å². The van der Waals surface area contributed by atoms with Crippen molar-refractivity contribution in [3.8, 4) is 0 Å². The van der Waals surface area contributed by atoms with Crippen LogP contribution in [0, 0.1) is 0 Å². The second kappa shape index (κ2) is 35.4. The molecule has 218 valence electrons. The first-order valence-corrected chi connectivity index (χ1v) is 18.2. The molecule has 0 aliphatic rings. The van der Waals surface area contributed by atoms with Crippen LogP contribution in [-0.2, 0) is 0 Å². The van der Waals surface area contributed by atoms with Gasteiger partial charge in [0, 0.05) is 11.9 Å². The normalized spacial score (nSPS) is 11.5. The zero-order valence-corrected chi connectivity index (χ0v) is 26.5. The summed E-state index contributed by atoms with van der Waals surface area (Å²) in [5.41, 5.74) is 0. The predicted octanol–water partition coefficient (Wildman–Crippen LogP) is 12.9. The van der Waals surface area contributed by atoms with Gasteiger partial charge in [-0.05, 0) is 12.8 Å². The Morgan fingerprint density at radius 1 is 0.222 bits per heavy atom. The Morgan fingerprint density at radius 2 is 0.361 bits per heavy atom. The summed E-state index contributed by atoms with van der Waals surface area (Å²) in [6.07, 6.45) is 45.9. The Kier molecular flexibility index (Phi) is 35.9. The zero-order chi connectivity index (χ0) is 26.0. The maximum absolute atomic E-state index is 8.78. The molecule has 0 fully saturated rings. The molecule has 0 heterocycles. The Bertz CT molecular complexity index is 325. The fraction of sp³-hybridized carbons (Fsp3) is 1.00. The standard InChI is InChI=1S/C34H69BrO/c35-33-31-29-27-25-23-21-19-17-15-13-11-9-7-5-3-1-2-4-6-8-10-12-14-16-18-20-22-24-26-28-30-32-34-36/h36H,1-34H2. The highest BCUT2D eigenvalue weighted by Gasteiger charge is 1.97. The van der Waals surface area contributed by atoms with Gasteiger partial charge in [0.25, 0.3) is 0 Å². The fourth-order valence-electron chi connectivity index (χ4n) is 5.51. The smallest absolute Gasteiger partial charge is 0.0431 e. The monoisotopic (exact) mass is 572 g/mol. The molecule has 0 aromatic carbocycles. The molecule has 1 nitrogen and oxygen atoms in total. The van der Waals surface area contributed by atoms with Crippen LogP contribution in [0.2, 0.25) is 0 Å². The van der Waals surface area contributed by atoms with Crippen molar-refractivity contribution in [1.29, 1.82) is 0 Å². The molecule has 0 aliphatic heterocycles. The van der Waals surface area contributed by atoms with Gasteiger partial charge in [-0.15, -0.1) is 0 Å². The number of rotatable bonds is 33. The molecule has 0 bridgehead atoms. The van der Waals surface area contributed by atoms with Crippen LogP contribution in [0.4, 0.5) is 0 Å². The zero-order valence-electron chi connectivity index (χ0n) is 24.9. The van der Waals surface area contributed by atoms with E-state index in [1.807, 2.05) is 0 Å². The van der Waals surface area contributed by atoms with Gasteiger partial charge < -0.3 is 5.11 Å². The number of hydrogen-bond donors (Lipinski definition) is 1. The topological polar surface area (TPSA) is 20.2 Å².